The molecule has 3 nitrogen and oxygen atoms in total. The van der Waals surface area contributed by atoms with Gasteiger partial charge in [-0.25, -0.2) is 4.79 Å². The van der Waals surface area contributed by atoms with Crippen LogP contribution in [0.1, 0.15) is 41.9 Å². The van der Waals surface area contributed by atoms with E-state index < -0.39 is 17.6 Å². The fourth-order valence-corrected chi connectivity index (χ4v) is 4.11. The Morgan fingerprint density at radius 1 is 1.22 bits per heavy atom. The van der Waals surface area contributed by atoms with E-state index >= 15 is 0 Å². The summed E-state index contributed by atoms with van der Waals surface area (Å²) in [7, 11) is 0. The first-order valence-corrected chi connectivity index (χ1v) is 8.24. The fraction of sp³-hybridized carbons (Fsp3) is 0.333. The monoisotopic (exact) mass is 406 g/mol. The van der Waals surface area contributed by atoms with Crippen LogP contribution in [-0.4, -0.2) is 9.97 Å². The van der Waals surface area contributed by atoms with E-state index in [9.17, 15) is 18.0 Å². The standard InChI is InChI=1S/C15H14BrF3N2OS/c1-14(2,3)12-10(16)7-9(23-12)5-4-8-6-11(15(17,18)19)21-13(22)20-8/h4-7H,1-3H3,(H,20,21,22). The summed E-state index contributed by atoms with van der Waals surface area (Å²) in [6, 6.07) is 2.70. The molecule has 2 rings (SSSR count). The quantitative estimate of drug-likeness (QED) is 0.755. The van der Waals surface area contributed by atoms with Gasteiger partial charge in [0.15, 0.2) is 0 Å². The van der Waals surface area contributed by atoms with Gasteiger partial charge in [-0.1, -0.05) is 20.8 Å². The lowest BCUT2D eigenvalue weighted by atomic mass is 9.95. The molecule has 23 heavy (non-hydrogen) atoms. The number of H-pyrrole nitrogens is 1. The molecule has 2 heterocycles. The number of hydrogen-bond acceptors (Lipinski definition) is 3. The normalized spacial score (nSPS) is 13.0. The maximum Gasteiger partial charge on any atom is 0.431 e. The summed E-state index contributed by atoms with van der Waals surface area (Å²) in [5.41, 5.74) is -2.22. The summed E-state index contributed by atoms with van der Waals surface area (Å²) < 4.78 is 39.0. The second kappa shape index (κ2) is 6.24. The van der Waals surface area contributed by atoms with Crippen molar-refractivity contribution in [3.63, 3.8) is 0 Å². The van der Waals surface area contributed by atoms with E-state index in [1.807, 2.05) is 6.07 Å². The van der Waals surface area contributed by atoms with E-state index in [2.05, 4.69) is 41.7 Å². The van der Waals surface area contributed by atoms with E-state index in [-0.39, 0.29) is 11.1 Å². The molecule has 0 aliphatic rings. The molecule has 8 heteroatoms. The van der Waals surface area contributed by atoms with Crippen molar-refractivity contribution in [2.24, 2.45) is 0 Å². The lowest BCUT2D eigenvalue weighted by Crippen LogP contribution is -2.19. The summed E-state index contributed by atoms with van der Waals surface area (Å²) in [6.07, 6.45) is -1.57. The maximum absolute atomic E-state index is 12.7. The number of halogens is 4. The van der Waals surface area contributed by atoms with Crippen LogP contribution in [0.4, 0.5) is 13.2 Å². The summed E-state index contributed by atoms with van der Waals surface area (Å²) in [4.78, 5) is 18.5. The number of thiophene rings is 1. The maximum atomic E-state index is 12.7. The zero-order valence-corrected chi connectivity index (χ0v) is 15.0. The van der Waals surface area contributed by atoms with Crippen LogP contribution in [0.25, 0.3) is 12.2 Å². The molecule has 0 unspecified atom stereocenters. The molecule has 2 aromatic rings. The van der Waals surface area contributed by atoms with Gasteiger partial charge in [-0.2, -0.15) is 18.2 Å². The Morgan fingerprint density at radius 3 is 2.39 bits per heavy atom. The highest BCUT2D eigenvalue weighted by molar-refractivity contribution is 9.10. The van der Waals surface area contributed by atoms with E-state index in [0.717, 1.165) is 20.3 Å². The number of nitrogens with zero attached hydrogens (tertiary/aromatic N) is 1. The molecule has 0 saturated carbocycles. The molecule has 124 valence electrons. The van der Waals surface area contributed by atoms with Crippen molar-refractivity contribution in [3.05, 3.63) is 48.2 Å². The third-order valence-corrected chi connectivity index (χ3v) is 5.29. The highest BCUT2D eigenvalue weighted by atomic mass is 79.9. The van der Waals surface area contributed by atoms with E-state index in [1.54, 1.807) is 11.1 Å². The lowest BCUT2D eigenvalue weighted by molar-refractivity contribution is -0.141. The number of nitrogens with one attached hydrogen (secondary N) is 1. The Hall–Kier alpha value is -1.41. The first kappa shape index (κ1) is 17.9. The van der Waals surface area contributed by atoms with Crippen molar-refractivity contribution >= 4 is 39.4 Å². The Morgan fingerprint density at radius 2 is 1.87 bits per heavy atom. The number of rotatable bonds is 2. The van der Waals surface area contributed by atoms with E-state index in [1.165, 1.54) is 17.4 Å². The summed E-state index contributed by atoms with van der Waals surface area (Å²) in [6.45, 7) is 6.22. The minimum atomic E-state index is -4.62. The van der Waals surface area contributed by atoms with Gasteiger partial charge >= 0.3 is 11.9 Å². The minimum Gasteiger partial charge on any atom is -0.302 e. The highest BCUT2D eigenvalue weighted by Crippen LogP contribution is 2.37. The second-order valence-electron chi connectivity index (χ2n) is 5.93. The van der Waals surface area contributed by atoms with Crippen molar-refractivity contribution in [3.8, 4) is 0 Å². The van der Waals surface area contributed by atoms with Gasteiger partial charge in [0.2, 0.25) is 0 Å². The smallest absolute Gasteiger partial charge is 0.302 e. The van der Waals surface area contributed by atoms with Gasteiger partial charge < -0.3 is 4.98 Å². The minimum absolute atomic E-state index is 0.0390. The van der Waals surface area contributed by atoms with Gasteiger partial charge in [0.1, 0.15) is 5.69 Å². The van der Waals surface area contributed by atoms with Crippen LogP contribution < -0.4 is 5.69 Å². The van der Waals surface area contributed by atoms with Crippen LogP contribution >= 0.6 is 27.3 Å². The van der Waals surface area contributed by atoms with Crippen molar-refractivity contribution < 1.29 is 13.2 Å². The van der Waals surface area contributed by atoms with Gasteiger partial charge in [-0.15, -0.1) is 11.3 Å². The number of alkyl halides is 3. The van der Waals surface area contributed by atoms with Crippen LogP contribution in [0.2, 0.25) is 0 Å². The molecular formula is C15H14BrF3N2OS. The lowest BCUT2D eigenvalue weighted by Gasteiger charge is -2.16. The average molecular weight is 407 g/mol. The third kappa shape index (κ3) is 4.54. The topological polar surface area (TPSA) is 45.8 Å². The first-order valence-electron chi connectivity index (χ1n) is 6.63. The van der Waals surface area contributed by atoms with Crippen molar-refractivity contribution in [2.75, 3.05) is 0 Å². The van der Waals surface area contributed by atoms with Gasteiger partial charge in [0.05, 0.1) is 5.69 Å². The molecule has 0 aliphatic heterocycles. The zero-order valence-electron chi connectivity index (χ0n) is 12.6. The van der Waals surface area contributed by atoms with Gasteiger partial charge in [-0.3, -0.25) is 0 Å². The molecule has 0 fully saturated rings. The van der Waals surface area contributed by atoms with Gasteiger partial charge in [0.25, 0.3) is 0 Å². The van der Waals surface area contributed by atoms with Crippen LogP contribution in [0.3, 0.4) is 0 Å². The van der Waals surface area contributed by atoms with Gasteiger partial charge in [0, 0.05) is 14.2 Å². The van der Waals surface area contributed by atoms with E-state index in [0.29, 0.717) is 0 Å². The number of aromatic amines is 1. The molecule has 0 saturated heterocycles. The Bertz CT molecular complexity index is 800. The molecule has 0 radical (unpaired) electrons. The number of hydrogen-bond donors (Lipinski definition) is 1. The first-order chi connectivity index (χ1) is 10.5. The Kier molecular flexibility index (Phi) is 4.86. The second-order valence-corrected chi connectivity index (χ2v) is 7.87. The Balaban J connectivity index is 2.35. The van der Waals surface area contributed by atoms with Crippen LogP contribution in [0.15, 0.2) is 21.4 Å². The van der Waals surface area contributed by atoms with Crippen LogP contribution in [0.5, 0.6) is 0 Å². The predicted molar refractivity (Wildman–Crippen MR) is 89.5 cm³/mol. The molecule has 1 N–H and O–H groups in total. The summed E-state index contributed by atoms with van der Waals surface area (Å²) in [5, 5.41) is 0. The van der Waals surface area contributed by atoms with E-state index in [4.69, 9.17) is 0 Å². The molecule has 0 bridgehead atoms. The average Bonchev–Trinajstić information content (AvgIpc) is 2.76. The Labute approximate surface area is 143 Å². The fourth-order valence-electron chi connectivity index (χ4n) is 1.86. The number of aromatic nitrogens is 2. The highest BCUT2D eigenvalue weighted by Gasteiger charge is 2.32. The third-order valence-electron chi connectivity index (χ3n) is 2.88. The molecule has 0 spiro atoms. The largest absolute Gasteiger partial charge is 0.431 e. The van der Waals surface area contributed by atoms with Crippen molar-refractivity contribution in [1.82, 2.24) is 9.97 Å². The van der Waals surface area contributed by atoms with Crippen LogP contribution in [0, 0.1) is 0 Å². The molecule has 0 aromatic carbocycles. The summed E-state index contributed by atoms with van der Waals surface area (Å²) in [5.74, 6) is 0. The molecule has 0 amide bonds. The molecule has 0 atom stereocenters. The predicted octanol–water partition coefficient (Wildman–Crippen LogP) is 5.08. The molecule has 0 aliphatic carbocycles. The SMILES string of the molecule is CC(C)(C)c1sc(C=Cc2cc(C(F)(F)F)[nH]c(=O)n2)cc1Br. The molecular weight excluding hydrogens is 393 g/mol. The van der Waals surface area contributed by atoms with Crippen molar-refractivity contribution in [2.45, 2.75) is 32.4 Å². The summed E-state index contributed by atoms with van der Waals surface area (Å²) >= 11 is 5.02. The zero-order chi connectivity index (χ0) is 17.4. The van der Waals surface area contributed by atoms with Crippen LogP contribution in [-0.2, 0) is 11.6 Å². The van der Waals surface area contributed by atoms with Crippen molar-refractivity contribution in [1.29, 1.82) is 0 Å². The molecule has 2 aromatic heterocycles. The van der Waals surface area contributed by atoms with Gasteiger partial charge in [-0.05, 0) is 45.6 Å².